The van der Waals surface area contributed by atoms with Crippen molar-refractivity contribution < 1.29 is 8.42 Å². The third-order valence-electron chi connectivity index (χ3n) is 3.90. The molecule has 1 aromatic carbocycles. The third-order valence-corrected chi connectivity index (χ3v) is 6.51. The van der Waals surface area contributed by atoms with Gasteiger partial charge in [-0.2, -0.15) is 4.31 Å². The van der Waals surface area contributed by atoms with Crippen LogP contribution in [0.4, 0.5) is 0 Å². The highest BCUT2D eigenvalue weighted by Crippen LogP contribution is 2.32. The van der Waals surface area contributed by atoms with E-state index in [1.54, 1.807) is 22.5 Å². The van der Waals surface area contributed by atoms with E-state index >= 15 is 0 Å². The molecule has 2 unspecified atom stereocenters. The van der Waals surface area contributed by atoms with E-state index in [-0.39, 0.29) is 22.0 Å². The molecule has 0 aliphatic carbocycles. The maximum Gasteiger partial charge on any atom is 0.245 e. The van der Waals surface area contributed by atoms with Gasteiger partial charge in [-0.15, -0.1) is 0 Å². The quantitative estimate of drug-likeness (QED) is 0.932. The first-order valence-corrected chi connectivity index (χ1v) is 8.71. The summed E-state index contributed by atoms with van der Waals surface area (Å²) in [4.78, 5) is 0.169. The minimum absolute atomic E-state index is 0.00125. The first-order valence-electron chi connectivity index (χ1n) is 6.90. The standard InChI is InChI=1S/C14H21ClN2O2S/c1-10-4-3-5-11(2)17(10)20(18,19)14-8-12(9-16)6-7-13(14)15/h6-8,10-11H,3-5,9,16H2,1-2H3. The molecule has 0 amide bonds. The first kappa shape index (κ1) is 15.8. The van der Waals surface area contributed by atoms with Crippen LogP contribution < -0.4 is 5.73 Å². The van der Waals surface area contributed by atoms with Crippen LogP contribution in [0.2, 0.25) is 5.02 Å². The molecule has 6 heteroatoms. The molecule has 112 valence electrons. The Labute approximate surface area is 126 Å². The second kappa shape index (κ2) is 6.02. The van der Waals surface area contributed by atoms with E-state index in [9.17, 15) is 8.42 Å². The Balaban J connectivity index is 2.49. The van der Waals surface area contributed by atoms with Gasteiger partial charge >= 0.3 is 0 Å². The molecular formula is C14H21ClN2O2S. The highest BCUT2D eigenvalue weighted by molar-refractivity contribution is 7.89. The number of hydrogen-bond acceptors (Lipinski definition) is 3. The zero-order valence-electron chi connectivity index (χ0n) is 11.8. The smallest absolute Gasteiger partial charge is 0.245 e. The molecule has 0 aromatic heterocycles. The summed E-state index contributed by atoms with van der Waals surface area (Å²) in [6.45, 7) is 4.20. The predicted octanol–water partition coefficient (Wildman–Crippen LogP) is 2.75. The van der Waals surface area contributed by atoms with Crippen LogP contribution in [-0.4, -0.2) is 24.8 Å². The van der Waals surface area contributed by atoms with Gasteiger partial charge in [0.05, 0.1) is 5.02 Å². The molecule has 0 bridgehead atoms. The summed E-state index contributed by atoms with van der Waals surface area (Å²) in [5, 5.41) is 0.257. The molecule has 1 saturated heterocycles. The summed E-state index contributed by atoms with van der Waals surface area (Å²) in [6, 6.07) is 4.95. The largest absolute Gasteiger partial charge is 0.326 e. The predicted molar refractivity (Wildman–Crippen MR) is 81.1 cm³/mol. The lowest BCUT2D eigenvalue weighted by atomic mass is 10.0. The zero-order chi connectivity index (χ0) is 14.9. The Morgan fingerprint density at radius 3 is 2.45 bits per heavy atom. The lowest BCUT2D eigenvalue weighted by Crippen LogP contribution is -2.47. The van der Waals surface area contributed by atoms with Gasteiger partial charge in [0.25, 0.3) is 0 Å². The van der Waals surface area contributed by atoms with Crippen LogP contribution >= 0.6 is 11.6 Å². The summed E-state index contributed by atoms with van der Waals surface area (Å²) in [5.74, 6) is 0. The normalized spacial score (nSPS) is 24.8. The summed E-state index contributed by atoms with van der Waals surface area (Å²) in [5.41, 5.74) is 6.36. The summed E-state index contributed by atoms with van der Waals surface area (Å²) < 4.78 is 27.4. The molecule has 2 N–H and O–H groups in total. The Morgan fingerprint density at radius 1 is 1.30 bits per heavy atom. The fourth-order valence-electron chi connectivity index (χ4n) is 2.86. The van der Waals surface area contributed by atoms with Gasteiger partial charge in [0.1, 0.15) is 4.90 Å². The highest BCUT2D eigenvalue weighted by Gasteiger charge is 2.36. The van der Waals surface area contributed by atoms with Gasteiger partial charge in [0.15, 0.2) is 0 Å². The number of nitrogens with two attached hydrogens (primary N) is 1. The van der Waals surface area contributed by atoms with E-state index in [2.05, 4.69) is 0 Å². The van der Waals surface area contributed by atoms with Crippen molar-refractivity contribution in [2.75, 3.05) is 0 Å². The fraction of sp³-hybridized carbons (Fsp3) is 0.571. The molecule has 2 rings (SSSR count). The lowest BCUT2D eigenvalue weighted by molar-refractivity contribution is 0.204. The maximum absolute atomic E-state index is 12.9. The van der Waals surface area contributed by atoms with Crippen LogP contribution in [0.3, 0.4) is 0 Å². The Morgan fingerprint density at radius 2 is 1.90 bits per heavy atom. The minimum atomic E-state index is -3.58. The number of piperidine rings is 1. The zero-order valence-corrected chi connectivity index (χ0v) is 13.4. The van der Waals surface area contributed by atoms with Crippen molar-refractivity contribution in [3.8, 4) is 0 Å². The molecule has 1 aliphatic rings. The SMILES string of the molecule is CC1CCCC(C)N1S(=O)(=O)c1cc(CN)ccc1Cl. The van der Waals surface area contributed by atoms with Gasteiger partial charge in [-0.3, -0.25) is 0 Å². The summed E-state index contributed by atoms with van der Waals surface area (Å²) in [6.07, 6.45) is 2.83. The number of hydrogen-bond donors (Lipinski definition) is 1. The molecule has 0 radical (unpaired) electrons. The number of benzene rings is 1. The minimum Gasteiger partial charge on any atom is -0.326 e. The Bertz CT molecular complexity index is 579. The van der Waals surface area contributed by atoms with Gasteiger partial charge in [-0.25, -0.2) is 8.42 Å². The number of halogens is 1. The van der Waals surface area contributed by atoms with Crippen molar-refractivity contribution >= 4 is 21.6 Å². The molecular weight excluding hydrogens is 296 g/mol. The van der Waals surface area contributed by atoms with Gasteiger partial charge < -0.3 is 5.73 Å². The van der Waals surface area contributed by atoms with Crippen molar-refractivity contribution in [3.05, 3.63) is 28.8 Å². The molecule has 0 spiro atoms. The molecule has 1 aromatic rings. The van der Waals surface area contributed by atoms with Crippen LogP contribution in [-0.2, 0) is 16.6 Å². The van der Waals surface area contributed by atoms with Crippen LogP contribution in [0.1, 0.15) is 38.7 Å². The highest BCUT2D eigenvalue weighted by atomic mass is 35.5. The second-order valence-corrected chi connectivity index (χ2v) is 7.65. The van der Waals surface area contributed by atoms with Gasteiger partial charge in [0.2, 0.25) is 10.0 Å². The summed E-state index contributed by atoms with van der Waals surface area (Å²) >= 11 is 6.11. The fourth-order valence-corrected chi connectivity index (χ4v) is 5.27. The van der Waals surface area contributed by atoms with Crippen LogP contribution in [0.15, 0.2) is 23.1 Å². The number of rotatable bonds is 3. The van der Waals surface area contributed by atoms with Gasteiger partial charge in [-0.1, -0.05) is 24.1 Å². The number of nitrogens with zero attached hydrogens (tertiary/aromatic N) is 1. The van der Waals surface area contributed by atoms with Gasteiger partial charge in [0, 0.05) is 18.6 Å². The van der Waals surface area contributed by atoms with Gasteiger partial charge in [-0.05, 0) is 44.4 Å². The number of sulfonamides is 1. The second-order valence-electron chi connectivity index (χ2n) is 5.43. The molecule has 1 heterocycles. The van der Waals surface area contributed by atoms with Crippen LogP contribution in [0.5, 0.6) is 0 Å². The van der Waals surface area contributed by atoms with Crippen molar-refractivity contribution in [1.29, 1.82) is 0 Å². The summed E-state index contributed by atoms with van der Waals surface area (Å²) in [7, 11) is -3.58. The van der Waals surface area contributed by atoms with E-state index in [1.807, 2.05) is 13.8 Å². The maximum atomic E-state index is 12.9. The Kier molecular flexibility index (Phi) is 4.74. The van der Waals surface area contributed by atoms with E-state index < -0.39 is 10.0 Å². The van der Waals surface area contributed by atoms with E-state index in [0.717, 1.165) is 24.8 Å². The first-order chi connectivity index (χ1) is 9.37. The van der Waals surface area contributed by atoms with E-state index in [1.165, 1.54) is 0 Å². The van der Waals surface area contributed by atoms with Crippen molar-refractivity contribution in [3.63, 3.8) is 0 Å². The Hall–Kier alpha value is -0.620. The molecule has 0 saturated carbocycles. The van der Waals surface area contributed by atoms with Crippen molar-refractivity contribution in [2.45, 2.75) is 56.6 Å². The van der Waals surface area contributed by atoms with E-state index in [0.29, 0.717) is 6.54 Å². The topological polar surface area (TPSA) is 63.4 Å². The van der Waals surface area contributed by atoms with Crippen molar-refractivity contribution in [2.24, 2.45) is 5.73 Å². The molecule has 4 nitrogen and oxygen atoms in total. The van der Waals surface area contributed by atoms with Crippen LogP contribution in [0.25, 0.3) is 0 Å². The third kappa shape index (κ3) is 2.86. The average Bonchev–Trinajstić information content (AvgIpc) is 2.38. The van der Waals surface area contributed by atoms with E-state index in [4.69, 9.17) is 17.3 Å². The van der Waals surface area contributed by atoms with Crippen LogP contribution in [0, 0.1) is 0 Å². The molecule has 2 atom stereocenters. The average molecular weight is 317 g/mol. The molecule has 1 aliphatic heterocycles. The molecule has 20 heavy (non-hydrogen) atoms. The van der Waals surface area contributed by atoms with Crippen molar-refractivity contribution in [1.82, 2.24) is 4.31 Å². The lowest BCUT2D eigenvalue weighted by Gasteiger charge is -2.37. The molecule has 1 fully saturated rings. The monoisotopic (exact) mass is 316 g/mol.